The summed E-state index contributed by atoms with van der Waals surface area (Å²) >= 11 is 0. The zero-order chi connectivity index (χ0) is 21.5. The molecule has 2 heterocycles. The second-order valence-corrected chi connectivity index (χ2v) is 8.81. The third-order valence-electron chi connectivity index (χ3n) is 7.27. The summed E-state index contributed by atoms with van der Waals surface area (Å²) in [6, 6.07) is 4.30. The van der Waals surface area contributed by atoms with E-state index in [2.05, 4.69) is 44.0 Å². The largest absolute Gasteiger partial charge is 0.485 e. The van der Waals surface area contributed by atoms with Gasteiger partial charge in [0.05, 0.1) is 0 Å². The SMILES string of the molecule is CCc1ccc(OC(=O)CCCC(=O)O)c2c1[C@]13CCN(C)[C@H](C)[C@@H]1C=CC[C@@H]3O2. The number of carboxylic acids is 1. The van der Waals surface area contributed by atoms with Crippen LogP contribution in [0.25, 0.3) is 0 Å². The molecule has 1 aromatic rings. The molecule has 30 heavy (non-hydrogen) atoms. The average molecular weight is 414 g/mol. The van der Waals surface area contributed by atoms with E-state index in [1.165, 1.54) is 11.1 Å². The van der Waals surface area contributed by atoms with Crippen molar-refractivity contribution < 1.29 is 24.2 Å². The first-order chi connectivity index (χ1) is 14.4. The van der Waals surface area contributed by atoms with Gasteiger partial charge in [-0.05, 0) is 51.4 Å². The zero-order valence-electron chi connectivity index (χ0n) is 18.0. The molecule has 0 saturated carbocycles. The maximum Gasteiger partial charge on any atom is 0.311 e. The fraction of sp³-hybridized carbons (Fsp3) is 0.583. The molecule has 0 bridgehead atoms. The van der Waals surface area contributed by atoms with Gasteiger partial charge in [0.25, 0.3) is 0 Å². The van der Waals surface area contributed by atoms with E-state index in [0.717, 1.165) is 31.6 Å². The van der Waals surface area contributed by atoms with Gasteiger partial charge < -0.3 is 19.5 Å². The standard InChI is InChI=1S/C24H31NO5/c1-4-16-11-12-18(29-21(28)10-6-9-20(26)27)23-22(16)24-13-14-25(3)15(2)17(24)7-5-8-19(24)30-23/h5,7,11-12,15,17,19H,4,6,8-10,13-14H2,1-3H3,(H,26,27)/t15-,17+,19+,24-/m1/s1. The molecule has 1 saturated heterocycles. The number of esters is 1. The van der Waals surface area contributed by atoms with Crippen molar-refractivity contribution in [3.63, 3.8) is 0 Å². The van der Waals surface area contributed by atoms with Gasteiger partial charge >= 0.3 is 11.9 Å². The number of aliphatic carboxylic acids is 1. The third kappa shape index (κ3) is 3.31. The molecule has 0 radical (unpaired) electrons. The topological polar surface area (TPSA) is 76.1 Å². The van der Waals surface area contributed by atoms with Gasteiger partial charge in [0.2, 0.25) is 0 Å². The Balaban J connectivity index is 1.69. The van der Waals surface area contributed by atoms with Crippen LogP contribution in [0.15, 0.2) is 24.3 Å². The second kappa shape index (κ2) is 8.06. The number of nitrogens with zero attached hydrogens (tertiary/aromatic N) is 1. The van der Waals surface area contributed by atoms with Gasteiger partial charge in [-0.1, -0.05) is 25.1 Å². The summed E-state index contributed by atoms with van der Waals surface area (Å²) in [6.45, 7) is 5.45. The predicted octanol–water partition coefficient (Wildman–Crippen LogP) is 3.71. The maximum atomic E-state index is 12.3. The fourth-order valence-corrected chi connectivity index (χ4v) is 5.62. The number of likely N-dealkylation sites (tertiary alicyclic amines) is 1. The van der Waals surface area contributed by atoms with E-state index in [1.807, 2.05) is 6.07 Å². The molecule has 6 heteroatoms. The summed E-state index contributed by atoms with van der Waals surface area (Å²) in [6.07, 6.45) is 7.73. The molecule has 2 aliphatic heterocycles. The van der Waals surface area contributed by atoms with Gasteiger partial charge in [0.15, 0.2) is 11.5 Å². The highest BCUT2D eigenvalue weighted by atomic mass is 16.6. The first-order valence-electron chi connectivity index (χ1n) is 11.0. The molecule has 3 aliphatic rings. The lowest BCUT2D eigenvalue weighted by Crippen LogP contribution is -2.58. The number of benzene rings is 1. The number of piperidine rings is 1. The van der Waals surface area contributed by atoms with Gasteiger partial charge in [-0.15, -0.1) is 0 Å². The molecular weight excluding hydrogens is 382 g/mol. The number of carbonyl (C=O) groups is 2. The Kier molecular flexibility index (Phi) is 5.62. The molecule has 4 rings (SSSR count). The summed E-state index contributed by atoms with van der Waals surface area (Å²) in [4.78, 5) is 25.5. The van der Waals surface area contributed by atoms with Gasteiger partial charge in [0, 0.05) is 42.2 Å². The van der Waals surface area contributed by atoms with Gasteiger partial charge in [-0.2, -0.15) is 0 Å². The number of ether oxygens (including phenoxy) is 2. The number of hydrogen-bond donors (Lipinski definition) is 1. The number of fused-ring (bicyclic) bond motifs is 1. The van der Waals surface area contributed by atoms with Crippen molar-refractivity contribution in [3.05, 3.63) is 35.4 Å². The molecule has 4 atom stereocenters. The summed E-state index contributed by atoms with van der Waals surface area (Å²) < 4.78 is 12.2. The van der Waals surface area contributed by atoms with E-state index in [4.69, 9.17) is 14.6 Å². The van der Waals surface area contributed by atoms with Crippen molar-refractivity contribution in [1.29, 1.82) is 0 Å². The molecule has 1 spiro atoms. The monoisotopic (exact) mass is 413 g/mol. The molecular formula is C24H31NO5. The smallest absolute Gasteiger partial charge is 0.311 e. The van der Waals surface area contributed by atoms with Crippen molar-refractivity contribution in [2.45, 2.75) is 69.9 Å². The first kappa shape index (κ1) is 20.9. The van der Waals surface area contributed by atoms with Crippen molar-refractivity contribution in [3.8, 4) is 11.5 Å². The first-order valence-corrected chi connectivity index (χ1v) is 11.0. The molecule has 1 fully saturated rings. The lowest BCUT2D eigenvalue weighted by atomic mass is 9.57. The van der Waals surface area contributed by atoms with Crippen LogP contribution in [0.4, 0.5) is 0 Å². The van der Waals surface area contributed by atoms with Crippen LogP contribution in [0.5, 0.6) is 11.5 Å². The normalized spacial score (nSPS) is 29.5. The second-order valence-electron chi connectivity index (χ2n) is 8.81. The highest BCUT2D eigenvalue weighted by Crippen LogP contribution is 2.59. The Morgan fingerprint density at radius 3 is 2.87 bits per heavy atom. The van der Waals surface area contributed by atoms with Gasteiger partial charge in [0.1, 0.15) is 6.10 Å². The molecule has 162 valence electrons. The van der Waals surface area contributed by atoms with Crippen molar-refractivity contribution >= 4 is 11.9 Å². The van der Waals surface area contributed by atoms with Crippen LogP contribution >= 0.6 is 0 Å². The summed E-state index contributed by atoms with van der Waals surface area (Å²) in [5, 5.41) is 8.79. The summed E-state index contributed by atoms with van der Waals surface area (Å²) in [5.74, 6) is 0.221. The highest BCUT2D eigenvalue weighted by Gasteiger charge is 2.59. The van der Waals surface area contributed by atoms with Crippen LogP contribution in [0, 0.1) is 5.92 Å². The molecule has 1 aromatic carbocycles. The van der Waals surface area contributed by atoms with E-state index in [-0.39, 0.29) is 30.8 Å². The summed E-state index contributed by atoms with van der Waals surface area (Å²) in [7, 11) is 2.18. The Bertz CT molecular complexity index is 879. The Labute approximate surface area is 177 Å². The zero-order valence-corrected chi connectivity index (χ0v) is 18.0. The minimum atomic E-state index is -0.905. The number of rotatable bonds is 6. The van der Waals surface area contributed by atoms with Crippen LogP contribution in [0.2, 0.25) is 0 Å². The minimum absolute atomic E-state index is 0.0393. The predicted molar refractivity (Wildman–Crippen MR) is 113 cm³/mol. The van der Waals surface area contributed by atoms with Gasteiger partial charge in [-0.3, -0.25) is 9.59 Å². The fourth-order valence-electron chi connectivity index (χ4n) is 5.62. The Morgan fingerprint density at radius 2 is 2.13 bits per heavy atom. The average Bonchev–Trinajstić information content (AvgIpc) is 3.06. The van der Waals surface area contributed by atoms with Crippen LogP contribution in [-0.4, -0.2) is 47.7 Å². The molecule has 0 aromatic heterocycles. The van der Waals surface area contributed by atoms with Crippen LogP contribution in [0.3, 0.4) is 0 Å². The molecule has 1 N–H and O–H groups in total. The van der Waals surface area contributed by atoms with Crippen molar-refractivity contribution in [2.75, 3.05) is 13.6 Å². The van der Waals surface area contributed by atoms with Crippen LogP contribution in [0.1, 0.15) is 57.1 Å². The lowest BCUT2D eigenvalue weighted by molar-refractivity contribution is -0.137. The van der Waals surface area contributed by atoms with Crippen molar-refractivity contribution in [2.24, 2.45) is 5.92 Å². The van der Waals surface area contributed by atoms with Crippen LogP contribution in [-0.2, 0) is 21.4 Å². The Morgan fingerprint density at radius 1 is 1.33 bits per heavy atom. The number of hydrogen-bond acceptors (Lipinski definition) is 5. The van der Waals surface area contributed by atoms with Crippen LogP contribution < -0.4 is 9.47 Å². The molecule has 6 nitrogen and oxygen atoms in total. The number of aryl methyl sites for hydroxylation is 1. The van der Waals surface area contributed by atoms with Gasteiger partial charge in [-0.25, -0.2) is 0 Å². The highest BCUT2D eigenvalue weighted by molar-refractivity contribution is 5.75. The van der Waals surface area contributed by atoms with E-state index < -0.39 is 11.9 Å². The Hall–Kier alpha value is -2.34. The van der Waals surface area contributed by atoms with E-state index in [0.29, 0.717) is 17.7 Å². The van der Waals surface area contributed by atoms with E-state index in [1.54, 1.807) is 0 Å². The minimum Gasteiger partial charge on any atom is -0.485 e. The maximum absolute atomic E-state index is 12.3. The summed E-state index contributed by atoms with van der Waals surface area (Å²) in [5.41, 5.74) is 2.39. The number of carbonyl (C=O) groups excluding carboxylic acids is 1. The van der Waals surface area contributed by atoms with E-state index >= 15 is 0 Å². The quantitative estimate of drug-likeness (QED) is 0.435. The molecule has 0 amide bonds. The molecule has 1 aliphatic carbocycles. The van der Waals surface area contributed by atoms with Crippen molar-refractivity contribution in [1.82, 2.24) is 4.90 Å². The number of carboxylic acid groups (broad SMARTS) is 1. The molecule has 0 unspecified atom stereocenters. The van der Waals surface area contributed by atoms with E-state index in [9.17, 15) is 9.59 Å². The third-order valence-corrected chi connectivity index (χ3v) is 7.27. The lowest BCUT2D eigenvalue weighted by Gasteiger charge is -2.52.